The fourth-order valence-electron chi connectivity index (χ4n) is 2.73. The summed E-state index contributed by atoms with van der Waals surface area (Å²) < 4.78 is 44.1. The number of allylic oxidation sites excluding steroid dienone is 3. The van der Waals surface area contributed by atoms with Crippen LogP contribution in [-0.2, 0) is 10.9 Å². The lowest BCUT2D eigenvalue weighted by molar-refractivity contribution is -0.137. The van der Waals surface area contributed by atoms with E-state index in [4.69, 9.17) is 4.74 Å². The summed E-state index contributed by atoms with van der Waals surface area (Å²) in [7, 11) is 0. The monoisotopic (exact) mass is 417 g/mol. The minimum absolute atomic E-state index is 0.136. The molecular weight excluding hydrogens is 391 g/mol. The normalized spacial score (nSPS) is 11.7. The molecule has 0 amide bonds. The van der Waals surface area contributed by atoms with Crippen molar-refractivity contribution in [1.82, 2.24) is 0 Å². The van der Waals surface area contributed by atoms with E-state index < -0.39 is 17.7 Å². The number of para-hydroxylation sites is 1. The van der Waals surface area contributed by atoms with Crippen LogP contribution < -0.4 is 5.32 Å². The minimum Gasteiger partial charge on any atom is -0.458 e. The summed E-state index contributed by atoms with van der Waals surface area (Å²) in [4.78, 5) is 12.5. The molecule has 1 N–H and O–H groups in total. The molecular formula is C24H26F3NO2. The molecule has 2 rings (SSSR count). The summed E-state index contributed by atoms with van der Waals surface area (Å²) in [6.45, 7) is 6.21. The van der Waals surface area contributed by atoms with E-state index in [9.17, 15) is 18.0 Å². The third-order valence-corrected chi connectivity index (χ3v) is 4.35. The van der Waals surface area contributed by atoms with Crippen molar-refractivity contribution < 1.29 is 22.7 Å². The predicted octanol–water partition coefficient (Wildman–Crippen LogP) is 7.30. The maximum Gasteiger partial charge on any atom is 0.416 e. The topological polar surface area (TPSA) is 38.3 Å². The smallest absolute Gasteiger partial charge is 0.416 e. The summed E-state index contributed by atoms with van der Waals surface area (Å²) in [6.07, 6.45) is 1.39. The van der Waals surface area contributed by atoms with Gasteiger partial charge in [-0.15, -0.1) is 0 Å². The number of anilines is 2. The Bertz CT molecular complexity index is 926. The van der Waals surface area contributed by atoms with E-state index in [-0.39, 0.29) is 17.9 Å². The van der Waals surface area contributed by atoms with Crippen molar-refractivity contribution in [3.8, 4) is 0 Å². The first-order valence-electron chi connectivity index (χ1n) is 9.66. The van der Waals surface area contributed by atoms with Crippen LogP contribution in [0.4, 0.5) is 24.5 Å². The lowest BCUT2D eigenvalue weighted by atomic mass is 10.1. The number of esters is 1. The number of hydrogen-bond acceptors (Lipinski definition) is 3. The zero-order valence-electron chi connectivity index (χ0n) is 17.3. The van der Waals surface area contributed by atoms with Crippen molar-refractivity contribution in [3.05, 3.63) is 83.0 Å². The van der Waals surface area contributed by atoms with Gasteiger partial charge in [0.1, 0.15) is 6.61 Å². The molecule has 3 nitrogen and oxygen atoms in total. The highest BCUT2D eigenvalue weighted by Gasteiger charge is 2.30. The van der Waals surface area contributed by atoms with Crippen molar-refractivity contribution >= 4 is 17.3 Å². The Balaban J connectivity index is 2.04. The highest BCUT2D eigenvalue weighted by Crippen LogP contribution is 2.32. The van der Waals surface area contributed by atoms with Gasteiger partial charge in [-0.1, -0.05) is 35.4 Å². The number of rotatable bonds is 8. The Morgan fingerprint density at radius 2 is 1.77 bits per heavy atom. The zero-order chi connectivity index (χ0) is 22.1. The molecule has 2 aromatic carbocycles. The first-order valence-corrected chi connectivity index (χ1v) is 9.66. The molecule has 2 aromatic rings. The van der Waals surface area contributed by atoms with Gasteiger partial charge in [-0.05, 0) is 70.0 Å². The molecule has 0 saturated carbocycles. The van der Waals surface area contributed by atoms with Crippen LogP contribution >= 0.6 is 0 Å². The van der Waals surface area contributed by atoms with Crippen molar-refractivity contribution in [1.29, 1.82) is 0 Å². The lowest BCUT2D eigenvalue weighted by Gasteiger charge is -2.13. The highest BCUT2D eigenvalue weighted by atomic mass is 19.4. The Kier molecular flexibility index (Phi) is 8.27. The average Bonchev–Trinajstić information content (AvgIpc) is 2.67. The van der Waals surface area contributed by atoms with Gasteiger partial charge in [0.05, 0.1) is 16.8 Å². The summed E-state index contributed by atoms with van der Waals surface area (Å²) in [6, 6.07) is 11.4. The number of hydrogen-bond donors (Lipinski definition) is 1. The van der Waals surface area contributed by atoms with Crippen LogP contribution in [-0.4, -0.2) is 12.6 Å². The van der Waals surface area contributed by atoms with Crippen LogP contribution in [0.1, 0.15) is 49.5 Å². The molecule has 0 spiro atoms. The first-order chi connectivity index (χ1) is 14.2. The van der Waals surface area contributed by atoms with Crippen molar-refractivity contribution in [2.45, 2.75) is 39.8 Å². The Labute approximate surface area is 175 Å². The fraction of sp³-hybridized carbons (Fsp3) is 0.292. The SMILES string of the molecule is CC(C)=CCCC(C)=CCOC(=O)c1ccccc1Nc1cccc(C(F)(F)F)c1. The van der Waals surface area contributed by atoms with Gasteiger partial charge in [-0.2, -0.15) is 13.2 Å². The molecule has 0 unspecified atom stereocenters. The van der Waals surface area contributed by atoms with Crippen molar-refractivity contribution in [2.75, 3.05) is 11.9 Å². The minimum atomic E-state index is -4.44. The Morgan fingerprint density at radius 1 is 1.03 bits per heavy atom. The molecule has 0 aliphatic rings. The van der Waals surface area contributed by atoms with Crippen molar-refractivity contribution in [2.24, 2.45) is 0 Å². The van der Waals surface area contributed by atoms with Crippen LogP contribution in [0, 0.1) is 0 Å². The number of carbonyl (C=O) groups excluding carboxylic acids is 1. The largest absolute Gasteiger partial charge is 0.458 e. The van der Waals surface area contributed by atoms with Crippen LogP contribution in [0.25, 0.3) is 0 Å². The molecule has 0 saturated heterocycles. The molecule has 0 fully saturated rings. The zero-order valence-corrected chi connectivity index (χ0v) is 17.3. The first kappa shape index (κ1) is 23.3. The molecule has 0 aromatic heterocycles. The number of benzene rings is 2. The maximum atomic E-state index is 12.9. The van der Waals surface area contributed by atoms with E-state index in [1.54, 1.807) is 24.3 Å². The molecule has 0 radical (unpaired) electrons. The number of halogens is 3. The van der Waals surface area contributed by atoms with E-state index in [0.29, 0.717) is 5.69 Å². The summed E-state index contributed by atoms with van der Waals surface area (Å²) >= 11 is 0. The second-order valence-corrected chi connectivity index (χ2v) is 7.22. The number of carbonyl (C=O) groups is 1. The number of alkyl halides is 3. The van der Waals surface area contributed by atoms with Gasteiger partial charge in [0.2, 0.25) is 0 Å². The average molecular weight is 417 g/mol. The van der Waals surface area contributed by atoms with E-state index in [1.807, 2.05) is 26.8 Å². The summed E-state index contributed by atoms with van der Waals surface area (Å²) in [5.74, 6) is -0.543. The maximum absolute atomic E-state index is 12.9. The predicted molar refractivity (Wildman–Crippen MR) is 114 cm³/mol. The van der Waals surface area contributed by atoms with Gasteiger partial charge in [0.25, 0.3) is 0 Å². The van der Waals surface area contributed by atoms with Crippen molar-refractivity contribution in [3.63, 3.8) is 0 Å². The second kappa shape index (κ2) is 10.7. The van der Waals surface area contributed by atoms with Gasteiger partial charge in [-0.25, -0.2) is 4.79 Å². The fourth-order valence-corrected chi connectivity index (χ4v) is 2.73. The molecule has 30 heavy (non-hydrogen) atoms. The van der Waals surface area contributed by atoms with Crippen LogP contribution in [0.3, 0.4) is 0 Å². The second-order valence-electron chi connectivity index (χ2n) is 7.22. The van der Waals surface area contributed by atoms with E-state index in [0.717, 1.165) is 30.5 Å². The molecule has 0 bridgehead atoms. The van der Waals surface area contributed by atoms with Gasteiger partial charge >= 0.3 is 12.1 Å². The van der Waals surface area contributed by atoms with E-state index in [2.05, 4.69) is 11.4 Å². The van der Waals surface area contributed by atoms with E-state index in [1.165, 1.54) is 17.7 Å². The molecule has 0 aliphatic heterocycles. The van der Waals surface area contributed by atoms with Crippen LogP contribution in [0.15, 0.2) is 71.8 Å². The number of nitrogens with one attached hydrogen (secondary N) is 1. The standard InChI is InChI=1S/C24H26F3NO2/c1-17(2)8-6-9-18(3)14-15-30-23(29)21-12-4-5-13-22(21)28-20-11-7-10-19(16-20)24(25,26)27/h4-5,7-8,10-14,16,28H,6,9,15H2,1-3H3. The van der Waals surface area contributed by atoms with Gasteiger partial charge in [0, 0.05) is 5.69 Å². The molecule has 6 heteroatoms. The third kappa shape index (κ3) is 7.43. The third-order valence-electron chi connectivity index (χ3n) is 4.35. The molecule has 0 heterocycles. The van der Waals surface area contributed by atoms with Gasteiger partial charge in [0.15, 0.2) is 0 Å². The van der Waals surface area contributed by atoms with Gasteiger partial charge < -0.3 is 10.1 Å². The Morgan fingerprint density at radius 3 is 2.47 bits per heavy atom. The van der Waals surface area contributed by atoms with Crippen LogP contribution in [0.5, 0.6) is 0 Å². The quantitative estimate of drug-likeness (QED) is 0.362. The Hall–Kier alpha value is -3.02. The molecule has 0 atom stereocenters. The van der Waals surface area contributed by atoms with Gasteiger partial charge in [-0.3, -0.25) is 0 Å². The van der Waals surface area contributed by atoms with E-state index >= 15 is 0 Å². The molecule has 160 valence electrons. The summed E-state index contributed by atoms with van der Waals surface area (Å²) in [5.41, 5.74) is 2.49. The number of ether oxygens (including phenoxy) is 1. The van der Waals surface area contributed by atoms with Crippen LogP contribution in [0.2, 0.25) is 0 Å². The highest BCUT2D eigenvalue weighted by molar-refractivity contribution is 5.96. The molecule has 0 aliphatic carbocycles. The summed E-state index contributed by atoms with van der Waals surface area (Å²) in [5, 5.41) is 2.88. The lowest BCUT2D eigenvalue weighted by Crippen LogP contribution is -2.09.